The van der Waals surface area contributed by atoms with Crippen LogP contribution in [0.15, 0.2) is 60.7 Å². The van der Waals surface area contributed by atoms with E-state index in [1.54, 1.807) is 0 Å². The zero-order chi connectivity index (χ0) is 34.5. The molecule has 48 heavy (non-hydrogen) atoms. The first kappa shape index (κ1) is 33.1. The van der Waals surface area contributed by atoms with Crippen LogP contribution in [-0.2, 0) is 12.8 Å². The summed E-state index contributed by atoms with van der Waals surface area (Å²) in [5, 5.41) is 48.5. The molecule has 5 rings (SSSR count). The Balaban J connectivity index is 1.86. The van der Waals surface area contributed by atoms with Gasteiger partial charge in [-0.15, -0.1) is 0 Å². The molecular weight excluding hydrogens is 632 g/mol. The minimum Gasteiger partial charge on any atom is -0.450 e. The third kappa shape index (κ3) is 6.76. The van der Waals surface area contributed by atoms with Crippen molar-refractivity contribution in [3.8, 4) is 46.0 Å². The zero-order valence-electron chi connectivity index (χ0n) is 25.7. The molecule has 0 aromatic heterocycles. The maximum atomic E-state index is 12.1. The highest BCUT2D eigenvalue weighted by Gasteiger charge is 2.32. The van der Waals surface area contributed by atoms with E-state index in [4.69, 9.17) is 18.9 Å². The van der Waals surface area contributed by atoms with Gasteiger partial charge in [0, 0.05) is 23.3 Å². The second kappa shape index (κ2) is 14.0. The van der Waals surface area contributed by atoms with Crippen LogP contribution < -0.4 is 18.9 Å². The van der Waals surface area contributed by atoms with Crippen molar-refractivity contribution in [2.75, 3.05) is 0 Å². The van der Waals surface area contributed by atoms with Crippen molar-refractivity contribution in [2.24, 2.45) is 0 Å². The Hall–Kier alpha value is -6.32. The van der Waals surface area contributed by atoms with Crippen molar-refractivity contribution in [3.63, 3.8) is 0 Å². The summed E-state index contributed by atoms with van der Waals surface area (Å²) >= 11 is 0. The quantitative estimate of drug-likeness (QED) is 0.101. The number of fused-ring (bicyclic) bond motifs is 8. The summed E-state index contributed by atoms with van der Waals surface area (Å²) in [6, 6.07) is 12.5. The van der Waals surface area contributed by atoms with Crippen LogP contribution in [0.1, 0.15) is 50.7 Å². The van der Waals surface area contributed by atoms with Gasteiger partial charge in [-0.25, -0.2) is 0 Å². The lowest BCUT2D eigenvalue weighted by molar-refractivity contribution is -0.395. The van der Waals surface area contributed by atoms with Crippen LogP contribution in [0, 0.1) is 40.5 Å². The summed E-state index contributed by atoms with van der Waals surface area (Å²) in [6.45, 7) is 3.84. The third-order valence-corrected chi connectivity index (χ3v) is 7.49. The first-order chi connectivity index (χ1) is 23.0. The molecule has 0 N–H and O–H groups in total. The lowest BCUT2D eigenvalue weighted by Crippen LogP contribution is -2.04. The Kier molecular flexibility index (Phi) is 9.63. The Morgan fingerprint density at radius 3 is 0.958 bits per heavy atom. The van der Waals surface area contributed by atoms with E-state index in [1.807, 2.05) is 13.8 Å². The molecule has 1 heterocycles. The van der Waals surface area contributed by atoms with E-state index in [-0.39, 0.29) is 46.0 Å². The van der Waals surface area contributed by atoms with Gasteiger partial charge < -0.3 is 18.9 Å². The fourth-order valence-corrected chi connectivity index (χ4v) is 5.12. The van der Waals surface area contributed by atoms with E-state index < -0.39 is 42.4 Å². The number of nitro groups is 4. The van der Waals surface area contributed by atoms with E-state index >= 15 is 0 Å². The van der Waals surface area contributed by atoms with Gasteiger partial charge in [-0.3, -0.25) is 40.5 Å². The molecule has 0 radical (unpaired) electrons. The van der Waals surface area contributed by atoms with Gasteiger partial charge in [0.25, 0.3) is 0 Å². The van der Waals surface area contributed by atoms with Gasteiger partial charge in [-0.05, 0) is 49.9 Å². The summed E-state index contributed by atoms with van der Waals surface area (Å²) in [7, 11) is 0. The topological polar surface area (TPSA) is 209 Å². The second-order valence-corrected chi connectivity index (χ2v) is 10.7. The fourth-order valence-electron chi connectivity index (χ4n) is 5.12. The van der Waals surface area contributed by atoms with Crippen molar-refractivity contribution in [1.82, 2.24) is 0 Å². The lowest BCUT2D eigenvalue weighted by atomic mass is 10.1. The molecule has 16 heteroatoms. The Bertz CT molecular complexity index is 1690. The number of nitro benzene ring substituents is 4. The number of nitrogens with zero attached hydrogens (tertiary/aromatic N) is 4. The van der Waals surface area contributed by atoms with Gasteiger partial charge in [0.1, 0.15) is 35.1 Å². The molecular formula is C32H28N4O12. The van der Waals surface area contributed by atoms with E-state index in [0.717, 1.165) is 24.3 Å². The van der Waals surface area contributed by atoms with Gasteiger partial charge in [-0.2, -0.15) is 0 Å². The number of hydrogen-bond donors (Lipinski definition) is 0. The van der Waals surface area contributed by atoms with E-state index in [1.165, 1.54) is 36.4 Å². The maximum Gasteiger partial charge on any atom is 0.318 e. The molecule has 0 amide bonds. The van der Waals surface area contributed by atoms with Crippen LogP contribution in [-0.4, -0.2) is 19.7 Å². The van der Waals surface area contributed by atoms with Crippen LogP contribution in [0.4, 0.5) is 22.7 Å². The highest BCUT2D eigenvalue weighted by Crippen LogP contribution is 2.49. The summed E-state index contributed by atoms with van der Waals surface area (Å²) in [6.07, 6.45) is 3.16. The molecule has 0 unspecified atom stereocenters. The highest BCUT2D eigenvalue weighted by atomic mass is 16.6. The zero-order valence-corrected chi connectivity index (χ0v) is 25.7. The molecule has 0 saturated heterocycles. The number of hydrogen-bond acceptors (Lipinski definition) is 12. The number of unbranched alkanes of at least 4 members (excludes halogenated alkanes) is 2. The van der Waals surface area contributed by atoms with Crippen molar-refractivity contribution < 1.29 is 38.6 Å². The summed E-state index contributed by atoms with van der Waals surface area (Å²) in [4.78, 5) is 45.2. The average molecular weight is 661 g/mol. The average Bonchev–Trinajstić information content (AvgIpc) is 3.03. The Morgan fingerprint density at radius 1 is 0.458 bits per heavy atom. The van der Waals surface area contributed by atoms with Crippen molar-refractivity contribution in [2.45, 2.75) is 52.4 Å². The Labute approximate surface area is 272 Å². The largest absolute Gasteiger partial charge is 0.450 e. The second-order valence-electron chi connectivity index (χ2n) is 10.7. The summed E-state index contributed by atoms with van der Waals surface area (Å²) in [5.41, 5.74) is -2.10. The minimum atomic E-state index is -0.820. The lowest BCUT2D eigenvalue weighted by Gasteiger charge is -2.19. The van der Waals surface area contributed by atoms with Crippen LogP contribution in [0.25, 0.3) is 0 Å². The fraction of sp³-hybridized carbons (Fsp3) is 0.250. The smallest absolute Gasteiger partial charge is 0.318 e. The van der Waals surface area contributed by atoms with Crippen LogP contribution in [0.3, 0.4) is 0 Å². The van der Waals surface area contributed by atoms with Gasteiger partial charge in [0.15, 0.2) is 0 Å². The number of rotatable bonds is 10. The number of benzene rings is 4. The monoisotopic (exact) mass is 660 g/mol. The SMILES string of the molecule is CCCCc1c2cccc1Oc1cc(c([N+](=O)[O-])cc1[N+](=O)[O-])Oc1cccc(c1CCCC)Oc1cc(c([N+](=O)[O-])cc1[N+](=O)[O-])O2. The van der Waals surface area contributed by atoms with Gasteiger partial charge >= 0.3 is 22.7 Å². The van der Waals surface area contributed by atoms with Crippen molar-refractivity contribution in [1.29, 1.82) is 0 Å². The van der Waals surface area contributed by atoms with Crippen molar-refractivity contribution >= 4 is 22.7 Å². The van der Waals surface area contributed by atoms with Gasteiger partial charge in [-0.1, -0.05) is 38.8 Å². The predicted molar refractivity (Wildman–Crippen MR) is 170 cm³/mol. The molecule has 4 aromatic rings. The third-order valence-electron chi connectivity index (χ3n) is 7.49. The summed E-state index contributed by atoms with van der Waals surface area (Å²) < 4.78 is 24.3. The Morgan fingerprint density at radius 2 is 0.729 bits per heavy atom. The molecule has 1 aliphatic heterocycles. The standard InChI is InChI=1S/C32H28N4O12/c1-3-5-9-19-25-11-7-12-26(19)46-30-18-32(24(36(43)44)16-22(30)34(39)40)48-28-14-8-13-27(20(28)10-6-4-2)47-31-17-29(45-25)21(33(37)38)15-23(31)35(41)42/h7-8,11-18H,3-6,9-10H2,1-2H3. The van der Waals surface area contributed by atoms with Crippen LogP contribution in [0.5, 0.6) is 46.0 Å². The number of ether oxygens (including phenoxy) is 4. The highest BCUT2D eigenvalue weighted by molar-refractivity contribution is 5.66. The maximum absolute atomic E-state index is 12.1. The molecule has 0 fully saturated rings. The molecule has 16 nitrogen and oxygen atoms in total. The molecule has 0 spiro atoms. The first-order valence-corrected chi connectivity index (χ1v) is 14.9. The summed E-state index contributed by atoms with van der Waals surface area (Å²) in [5.74, 6) is -1.18. The normalized spacial score (nSPS) is 11.7. The van der Waals surface area contributed by atoms with E-state index in [0.29, 0.717) is 49.7 Å². The van der Waals surface area contributed by atoms with Crippen LogP contribution in [0.2, 0.25) is 0 Å². The molecule has 8 bridgehead atoms. The molecule has 0 saturated carbocycles. The molecule has 0 aliphatic carbocycles. The molecule has 0 atom stereocenters. The van der Waals surface area contributed by atoms with E-state index in [2.05, 4.69) is 0 Å². The van der Waals surface area contributed by atoms with Crippen LogP contribution >= 0.6 is 0 Å². The van der Waals surface area contributed by atoms with Crippen molar-refractivity contribution in [3.05, 3.63) is 112 Å². The first-order valence-electron chi connectivity index (χ1n) is 14.9. The van der Waals surface area contributed by atoms with Gasteiger partial charge in [0.2, 0.25) is 23.0 Å². The molecule has 1 aliphatic rings. The minimum absolute atomic E-state index is 0.0719. The molecule has 248 valence electrons. The molecule has 4 aromatic carbocycles. The van der Waals surface area contributed by atoms with E-state index in [9.17, 15) is 40.5 Å². The van der Waals surface area contributed by atoms with Gasteiger partial charge in [0.05, 0.1) is 19.7 Å². The predicted octanol–water partition coefficient (Wildman–Crippen LogP) is 9.49.